The van der Waals surface area contributed by atoms with Gasteiger partial charge in [-0.2, -0.15) is 0 Å². The minimum atomic E-state index is 0.584. The number of benzene rings is 1. The van der Waals surface area contributed by atoms with Crippen molar-refractivity contribution in [1.29, 1.82) is 0 Å². The van der Waals surface area contributed by atoms with Gasteiger partial charge in [-0.1, -0.05) is 18.2 Å². The largest absolute Gasteiger partial charge is 0.381 e. The van der Waals surface area contributed by atoms with Crippen molar-refractivity contribution in [2.45, 2.75) is 32.4 Å². The standard InChI is InChI=1S/C16H20N2O/c1-12-10-13(11-17-14-6-8-19-9-7-14)15-4-2-3-5-16(15)18-12/h2-5,10,14,17H,6-9,11H2,1H3. The maximum Gasteiger partial charge on any atom is 0.0708 e. The summed E-state index contributed by atoms with van der Waals surface area (Å²) in [4.78, 5) is 4.58. The number of hydrogen-bond donors (Lipinski definition) is 1. The van der Waals surface area contributed by atoms with Crippen molar-refractivity contribution in [2.24, 2.45) is 0 Å². The van der Waals surface area contributed by atoms with Gasteiger partial charge in [-0.05, 0) is 37.5 Å². The summed E-state index contributed by atoms with van der Waals surface area (Å²) in [6, 6.07) is 11.1. The molecular formula is C16H20N2O. The molecule has 3 rings (SSSR count). The van der Waals surface area contributed by atoms with Crippen molar-refractivity contribution in [3.8, 4) is 0 Å². The molecule has 19 heavy (non-hydrogen) atoms. The average Bonchev–Trinajstić information content (AvgIpc) is 2.45. The van der Waals surface area contributed by atoms with E-state index in [1.54, 1.807) is 0 Å². The summed E-state index contributed by atoms with van der Waals surface area (Å²) in [5.41, 5.74) is 3.52. The van der Waals surface area contributed by atoms with Crippen LogP contribution in [0.1, 0.15) is 24.1 Å². The van der Waals surface area contributed by atoms with E-state index in [9.17, 15) is 0 Å². The van der Waals surface area contributed by atoms with Crippen LogP contribution in [0.3, 0.4) is 0 Å². The average molecular weight is 256 g/mol. The highest BCUT2D eigenvalue weighted by molar-refractivity contribution is 5.82. The zero-order valence-corrected chi connectivity index (χ0v) is 11.4. The van der Waals surface area contributed by atoms with Gasteiger partial charge in [-0.15, -0.1) is 0 Å². The Labute approximate surface area is 114 Å². The van der Waals surface area contributed by atoms with Crippen molar-refractivity contribution >= 4 is 10.9 Å². The van der Waals surface area contributed by atoms with Crippen LogP contribution in [0.4, 0.5) is 0 Å². The third-order valence-corrected chi connectivity index (χ3v) is 3.73. The fourth-order valence-corrected chi connectivity index (χ4v) is 2.70. The van der Waals surface area contributed by atoms with Crippen LogP contribution in [0.2, 0.25) is 0 Å². The Morgan fingerprint density at radius 3 is 2.89 bits per heavy atom. The molecule has 1 fully saturated rings. The molecule has 1 aromatic carbocycles. The van der Waals surface area contributed by atoms with E-state index < -0.39 is 0 Å². The van der Waals surface area contributed by atoms with Crippen LogP contribution < -0.4 is 5.32 Å². The van der Waals surface area contributed by atoms with Crippen molar-refractivity contribution in [2.75, 3.05) is 13.2 Å². The number of fused-ring (bicyclic) bond motifs is 1. The molecule has 2 aromatic rings. The molecule has 0 saturated carbocycles. The lowest BCUT2D eigenvalue weighted by molar-refractivity contribution is 0.0776. The van der Waals surface area contributed by atoms with Crippen LogP contribution in [0.25, 0.3) is 10.9 Å². The maximum atomic E-state index is 5.39. The quantitative estimate of drug-likeness (QED) is 0.917. The van der Waals surface area contributed by atoms with Crippen LogP contribution >= 0.6 is 0 Å². The van der Waals surface area contributed by atoms with Crippen molar-refractivity contribution in [3.63, 3.8) is 0 Å². The number of rotatable bonds is 3. The zero-order chi connectivity index (χ0) is 13.1. The number of ether oxygens (including phenoxy) is 1. The summed E-state index contributed by atoms with van der Waals surface area (Å²) in [6.07, 6.45) is 2.23. The molecule has 100 valence electrons. The molecule has 0 atom stereocenters. The molecule has 1 aliphatic rings. The fourth-order valence-electron chi connectivity index (χ4n) is 2.70. The first-order valence-electron chi connectivity index (χ1n) is 6.99. The summed E-state index contributed by atoms with van der Waals surface area (Å²) < 4.78 is 5.39. The zero-order valence-electron chi connectivity index (χ0n) is 11.4. The topological polar surface area (TPSA) is 34.1 Å². The summed E-state index contributed by atoms with van der Waals surface area (Å²) in [5, 5.41) is 4.91. The highest BCUT2D eigenvalue weighted by Crippen LogP contribution is 2.18. The van der Waals surface area contributed by atoms with E-state index in [1.165, 1.54) is 10.9 Å². The molecule has 0 radical (unpaired) electrons. The van der Waals surface area contributed by atoms with Crippen LogP contribution in [0, 0.1) is 6.92 Å². The Bertz CT molecular complexity index is 562. The van der Waals surface area contributed by atoms with Crippen LogP contribution in [-0.2, 0) is 11.3 Å². The molecule has 0 bridgehead atoms. The van der Waals surface area contributed by atoms with Crippen molar-refractivity contribution < 1.29 is 4.74 Å². The molecule has 0 amide bonds. The number of nitrogens with one attached hydrogen (secondary N) is 1. The third kappa shape index (κ3) is 2.94. The van der Waals surface area contributed by atoms with Gasteiger partial charge < -0.3 is 10.1 Å². The second kappa shape index (κ2) is 5.68. The smallest absolute Gasteiger partial charge is 0.0708 e. The number of aromatic nitrogens is 1. The Kier molecular flexibility index (Phi) is 3.76. The Morgan fingerprint density at radius 1 is 1.26 bits per heavy atom. The number of para-hydroxylation sites is 1. The first kappa shape index (κ1) is 12.6. The predicted molar refractivity (Wildman–Crippen MR) is 77.2 cm³/mol. The van der Waals surface area contributed by atoms with Gasteiger partial charge in [0, 0.05) is 36.9 Å². The Hall–Kier alpha value is -1.45. The maximum absolute atomic E-state index is 5.39. The summed E-state index contributed by atoms with van der Waals surface area (Å²) in [6.45, 7) is 4.74. The minimum Gasteiger partial charge on any atom is -0.381 e. The second-order valence-electron chi connectivity index (χ2n) is 5.21. The molecule has 3 nitrogen and oxygen atoms in total. The number of aryl methyl sites for hydroxylation is 1. The molecular weight excluding hydrogens is 236 g/mol. The van der Waals surface area contributed by atoms with E-state index in [0.29, 0.717) is 6.04 Å². The van der Waals surface area contributed by atoms with E-state index in [4.69, 9.17) is 4.74 Å². The van der Waals surface area contributed by atoms with Gasteiger partial charge >= 0.3 is 0 Å². The summed E-state index contributed by atoms with van der Waals surface area (Å²) in [5.74, 6) is 0. The molecule has 0 aliphatic carbocycles. The molecule has 0 unspecified atom stereocenters. The first-order chi connectivity index (χ1) is 9.33. The van der Waals surface area contributed by atoms with Crippen molar-refractivity contribution in [3.05, 3.63) is 41.6 Å². The highest BCUT2D eigenvalue weighted by atomic mass is 16.5. The predicted octanol–water partition coefficient (Wildman–Crippen LogP) is 2.81. The van der Waals surface area contributed by atoms with Gasteiger partial charge in [-0.25, -0.2) is 0 Å². The molecule has 1 aromatic heterocycles. The first-order valence-corrected chi connectivity index (χ1v) is 6.99. The lowest BCUT2D eigenvalue weighted by Crippen LogP contribution is -2.34. The lowest BCUT2D eigenvalue weighted by atomic mass is 10.1. The molecule has 1 saturated heterocycles. The van der Waals surface area contributed by atoms with Gasteiger partial charge in [0.15, 0.2) is 0 Å². The van der Waals surface area contributed by atoms with E-state index in [0.717, 1.165) is 43.8 Å². The minimum absolute atomic E-state index is 0.584. The molecule has 1 aliphatic heterocycles. The normalized spacial score (nSPS) is 16.9. The van der Waals surface area contributed by atoms with E-state index in [1.807, 2.05) is 6.07 Å². The molecule has 0 spiro atoms. The molecule has 3 heteroatoms. The number of nitrogens with zero attached hydrogens (tertiary/aromatic N) is 1. The van der Waals surface area contributed by atoms with Gasteiger partial charge in [-0.3, -0.25) is 4.98 Å². The van der Waals surface area contributed by atoms with E-state index in [-0.39, 0.29) is 0 Å². The number of pyridine rings is 1. The van der Waals surface area contributed by atoms with Gasteiger partial charge in [0.05, 0.1) is 5.52 Å². The van der Waals surface area contributed by atoms with Crippen LogP contribution in [-0.4, -0.2) is 24.2 Å². The highest BCUT2D eigenvalue weighted by Gasteiger charge is 2.13. The van der Waals surface area contributed by atoms with Gasteiger partial charge in [0.1, 0.15) is 0 Å². The summed E-state index contributed by atoms with van der Waals surface area (Å²) in [7, 11) is 0. The monoisotopic (exact) mass is 256 g/mol. The lowest BCUT2D eigenvalue weighted by Gasteiger charge is -2.23. The second-order valence-corrected chi connectivity index (χ2v) is 5.21. The van der Waals surface area contributed by atoms with Gasteiger partial charge in [0.25, 0.3) is 0 Å². The number of hydrogen-bond acceptors (Lipinski definition) is 3. The van der Waals surface area contributed by atoms with Crippen molar-refractivity contribution in [1.82, 2.24) is 10.3 Å². The van der Waals surface area contributed by atoms with E-state index in [2.05, 4.69) is 41.5 Å². The molecule has 1 N–H and O–H groups in total. The van der Waals surface area contributed by atoms with Crippen LogP contribution in [0.5, 0.6) is 0 Å². The Balaban J connectivity index is 1.79. The van der Waals surface area contributed by atoms with Gasteiger partial charge in [0.2, 0.25) is 0 Å². The van der Waals surface area contributed by atoms with E-state index >= 15 is 0 Å². The van der Waals surface area contributed by atoms with Crippen LogP contribution in [0.15, 0.2) is 30.3 Å². The fraction of sp³-hybridized carbons (Fsp3) is 0.438. The summed E-state index contributed by atoms with van der Waals surface area (Å²) >= 11 is 0. The third-order valence-electron chi connectivity index (χ3n) is 3.73. The Morgan fingerprint density at radius 2 is 2.05 bits per heavy atom. The molecule has 2 heterocycles. The SMILES string of the molecule is Cc1cc(CNC2CCOCC2)c2ccccc2n1.